The van der Waals surface area contributed by atoms with Crippen molar-refractivity contribution in [2.24, 2.45) is 0 Å². The highest BCUT2D eigenvalue weighted by molar-refractivity contribution is 4.51. The highest BCUT2D eigenvalue weighted by Crippen LogP contribution is 1.94. The molecule has 15 heavy (non-hydrogen) atoms. The molecule has 92 valence electrons. The first-order chi connectivity index (χ1) is 6.84. The van der Waals surface area contributed by atoms with Gasteiger partial charge in [-0.15, -0.1) is 14.8 Å². The summed E-state index contributed by atoms with van der Waals surface area (Å²) in [5, 5.41) is 49.8. The molecule has 3 atom stereocenters. The van der Waals surface area contributed by atoms with Crippen molar-refractivity contribution in [1.29, 1.82) is 0 Å². The molecular formula is C5H13FN2O7. The fourth-order valence-electron chi connectivity index (χ4n) is 0.603. The Balaban J connectivity index is 4.09. The van der Waals surface area contributed by atoms with Crippen LogP contribution in [0.25, 0.3) is 0 Å². The van der Waals surface area contributed by atoms with E-state index >= 15 is 0 Å². The molecule has 0 spiro atoms. The van der Waals surface area contributed by atoms with Crippen LogP contribution in [0.1, 0.15) is 0 Å². The average Bonchev–Trinajstić information content (AvgIpc) is 2.16. The molecule has 0 heterocycles. The molecule has 6 N–H and O–H groups in total. The third kappa shape index (κ3) is 4.29. The predicted octanol–water partition coefficient (Wildman–Crippen LogP) is -4.48. The third-order valence-corrected chi connectivity index (χ3v) is 1.50. The van der Waals surface area contributed by atoms with Crippen LogP contribution in [0.3, 0.4) is 0 Å². The molecule has 3 unspecified atom stereocenters. The molecule has 0 aliphatic rings. The SMILES string of the molecule is [O-][NH+](O)C(F)(COCC(O)CO)[NH+]([O-])O. The minimum Gasteiger partial charge on any atom is -0.593 e. The third-order valence-electron chi connectivity index (χ3n) is 1.50. The highest BCUT2D eigenvalue weighted by atomic mass is 19.2. The summed E-state index contributed by atoms with van der Waals surface area (Å²) in [4.78, 5) is 0. The number of aliphatic hydroxyl groups is 2. The van der Waals surface area contributed by atoms with Gasteiger partial charge in [0.2, 0.25) is 0 Å². The first kappa shape index (κ1) is 14.6. The minimum absolute atomic E-state index is 0.553. The van der Waals surface area contributed by atoms with Gasteiger partial charge in [-0.25, -0.2) is 10.4 Å². The van der Waals surface area contributed by atoms with Crippen molar-refractivity contribution >= 4 is 0 Å². The van der Waals surface area contributed by atoms with E-state index in [1.54, 1.807) is 0 Å². The van der Waals surface area contributed by atoms with E-state index in [9.17, 15) is 14.8 Å². The van der Waals surface area contributed by atoms with Crippen LogP contribution in [0.15, 0.2) is 0 Å². The van der Waals surface area contributed by atoms with E-state index in [4.69, 9.17) is 20.6 Å². The second kappa shape index (κ2) is 6.22. The van der Waals surface area contributed by atoms with E-state index in [0.717, 1.165) is 0 Å². The van der Waals surface area contributed by atoms with Gasteiger partial charge in [-0.3, -0.25) is 0 Å². The van der Waals surface area contributed by atoms with Gasteiger partial charge in [-0.05, 0) is 0 Å². The zero-order chi connectivity index (χ0) is 12.1. The molecule has 0 aliphatic heterocycles. The molecule has 0 amide bonds. The molecule has 0 saturated carbocycles. The standard InChI is InChI=1S/C5H13FN2O7/c6-5(7(11)12,8(13)14)3-15-2-4(10)1-9/h4,7-11,13H,1-3H2. The van der Waals surface area contributed by atoms with E-state index in [1.165, 1.54) is 0 Å². The highest BCUT2D eigenvalue weighted by Gasteiger charge is 2.46. The molecule has 10 heteroatoms. The maximum atomic E-state index is 13.1. The number of hydroxylamine groups is 4. The van der Waals surface area contributed by atoms with Gasteiger partial charge < -0.3 is 25.4 Å². The molecule has 0 rings (SSSR count). The lowest BCUT2D eigenvalue weighted by Gasteiger charge is -2.32. The first-order valence-corrected chi connectivity index (χ1v) is 3.87. The van der Waals surface area contributed by atoms with Gasteiger partial charge >= 0.3 is 5.92 Å². The van der Waals surface area contributed by atoms with Crippen molar-refractivity contribution < 1.29 is 40.2 Å². The lowest BCUT2D eigenvalue weighted by atomic mass is 10.4. The summed E-state index contributed by atoms with van der Waals surface area (Å²) in [5.41, 5.74) is 0. The number of alkyl halides is 1. The van der Waals surface area contributed by atoms with Gasteiger partial charge in [0, 0.05) is 0 Å². The van der Waals surface area contributed by atoms with Crippen LogP contribution in [-0.2, 0) is 4.74 Å². The van der Waals surface area contributed by atoms with Crippen LogP contribution >= 0.6 is 0 Å². The van der Waals surface area contributed by atoms with E-state index in [1.807, 2.05) is 0 Å². The molecule has 0 bridgehead atoms. The predicted molar refractivity (Wildman–Crippen MR) is 40.0 cm³/mol. The summed E-state index contributed by atoms with van der Waals surface area (Å²) in [7, 11) is 0. The topological polar surface area (TPSA) is 145 Å². The van der Waals surface area contributed by atoms with E-state index in [-0.39, 0.29) is 0 Å². The Morgan fingerprint density at radius 3 is 2.13 bits per heavy atom. The molecular weight excluding hydrogens is 219 g/mol. The number of nitrogens with one attached hydrogen (secondary N) is 2. The normalized spacial score (nSPS) is 21.8. The van der Waals surface area contributed by atoms with Gasteiger partial charge in [0.25, 0.3) is 0 Å². The Kier molecular flexibility index (Phi) is 6.04. The number of aliphatic hydroxyl groups excluding tert-OH is 2. The molecule has 0 radical (unpaired) electrons. The van der Waals surface area contributed by atoms with Crippen LogP contribution in [0.4, 0.5) is 4.39 Å². The molecule has 0 aromatic carbocycles. The quantitative estimate of drug-likeness (QED) is 0.147. The fraction of sp³-hybridized carbons (Fsp3) is 1.00. The van der Waals surface area contributed by atoms with Crippen LogP contribution in [-0.4, -0.2) is 52.5 Å². The second-order valence-electron chi connectivity index (χ2n) is 2.76. The summed E-state index contributed by atoms with van der Waals surface area (Å²) in [6.45, 7) is -2.45. The summed E-state index contributed by atoms with van der Waals surface area (Å²) < 4.78 is 17.5. The Morgan fingerprint density at radius 1 is 1.33 bits per heavy atom. The molecule has 9 nitrogen and oxygen atoms in total. The van der Waals surface area contributed by atoms with Crippen molar-refractivity contribution in [1.82, 2.24) is 0 Å². The van der Waals surface area contributed by atoms with Gasteiger partial charge in [0.05, 0.1) is 13.2 Å². The van der Waals surface area contributed by atoms with E-state index in [0.29, 0.717) is 0 Å². The van der Waals surface area contributed by atoms with Gasteiger partial charge in [-0.1, -0.05) is 0 Å². The Morgan fingerprint density at radius 2 is 1.80 bits per heavy atom. The number of ether oxygens (including phenoxy) is 1. The number of hydrogen-bond acceptors (Lipinski definition) is 7. The Bertz CT molecular complexity index is 173. The molecule has 0 aromatic rings. The van der Waals surface area contributed by atoms with Gasteiger partial charge in [-0.2, -0.15) is 0 Å². The van der Waals surface area contributed by atoms with Crippen LogP contribution < -0.4 is 10.5 Å². The Labute approximate surface area is 83.6 Å². The number of quaternary nitrogens is 2. The van der Waals surface area contributed by atoms with Crippen LogP contribution in [0, 0.1) is 10.4 Å². The van der Waals surface area contributed by atoms with Crippen molar-refractivity contribution in [3.8, 4) is 0 Å². The summed E-state index contributed by atoms with van der Waals surface area (Å²) >= 11 is 0. The maximum absolute atomic E-state index is 13.1. The zero-order valence-corrected chi connectivity index (χ0v) is 7.59. The smallest absolute Gasteiger partial charge is 0.457 e. The Hall–Kier alpha value is -0.430. The number of hydrogen-bond donors (Lipinski definition) is 6. The minimum atomic E-state index is -3.55. The van der Waals surface area contributed by atoms with Crippen molar-refractivity contribution in [3.63, 3.8) is 0 Å². The van der Waals surface area contributed by atoms with E-state index in [2.05, 4.69) is 4.74 Å². The van der Waals surface area contributed by atoms with Crippen LogP contribution in [0.2, 0.25) is 0 Å². The number of halogens is 1. The maximum Gasteiger partial charge on any atom is 0.457 e. The molecule has 0 aromatic heterocycles. The van der Waals surface area contributed by atoms with E-state index < -0.39 is 42.3 Å². The largest absolute Gasteiger partial charge is 0.593 e. The summed E-state index contributed by atoms with van der Waals surface area (Å²) in [5.74, 6) is -3.55. The second-order valence-corrected chi connectivity index (χ2v) is 2.76. The molecule has 0 saturated heterocycles. The van der Waals surface area contributed by atoms with Gasteiger partial charge in [0.1, 0.15) is 6.10 Å². The van der Waals surface area contributed by atoms with Crippen LogP contribution in [0.5, 0.6) is 0 Å². The van der Waals surface area contributed by atoms with Crippen molar-refractivity contribution in [2.75, 3.05) is 19.8 Å². The monoisotopic (exact) mass is 232 g/mol. The average molecular weight is 232 g/mol. The molecule has 0 fully saturated rings. The summed E-state index contributed by atoms with van der Waals surface area (Å²) in [6, 6.07) is 0. The first-order valence-electron chi connectivity index (χ1n) is 3.87. The summed E-state index contributed by atoms with van der Waals surface area (Å²) in [6.07, 6.45) is -1.31. The lowest BCUT2D eigenvalue weighted by molar-refractivity contribution is -1.29. The fourth-order valence-corrected chi connectivity index (χ4v) is 0.603. The number of rotatable bonds is 7. The van der Waals surface area contributed by atoms with Gasteiger partial charge in [0.15, 0.2) is 6.61 Å². The lowest BCUT2D eigenvalue weighted by Crippen LogP contribution is -3.36. The van der Waals surface area contributed by atoms with Crippen molar-refractivity contribution in [3.05, 3.63) is 10.4 Å². The molecule has 0 aliphatic carbocycles. The van der Waals surface area contributed by atoms with Crippen molar-refractivity contribution in [2.45, 2.75) is 12.0 Å². The zero-order valence-electron chi connectivity index (χ0n) is 7.59.